The van der Waals surface area contributed by atoms with Crippen molar-refractivity contribution >= 4 is 0 Å². The zero-order valence-corrected chi connectivity index (χ0v) is 13.5. The summed E-state index contributed by atoms with van der Waals surface area (Å²) < 4.78 is 16.9. The summed E-state index contributed by atoms with van der Waals surface area (Å²) in [5.74, 6) is 3.07. The molecule has 1 N–H and O–H groups in total. The third-order valence-corrected chi connectivity index (χ3v) is 4.78. The summed E-state index contributed by atoms with van der Waals surface area (Å²) in [4.78, 5) is 0. The minimum atomic E-state index is 0.613. The van der Waals surface area contributed by atoms with Crippen LogP contribution in [0.1, 0.15) is 37.2 Å². The second kappa shape index (κ2) is 7.84. The number of methoxy groups -OCH3 is 1. The molecule has 0 aromatic heterocycles. The first-order valence-electron chi connectivity index (χ1n) is 8.45. The van der Waals surface area contributed by atoms with Gasteiger partial charge in [-0.15, -0.1) is 0 Å². The first-order valence-corrected chi connectivity index (χ1v) is 8.45. The van der Waals surface area contributed by atoms with Crippen LogP contribution in [0.4, 0.5) is 0 Å². The summed E-state index contributed by atoms with van der Waals surface area (Å²) in [6.45, 7) is 4.71. The van der Waals surface area contributed by atoms with Gasteiger partial charge in [-0.3, -0.25) is 0 Å². The summed E-state index contributed by atoms with van der Waals surface area (Å²) in [7, 11) is 1.73. The van der Waals surface area contributed by atoms with Gasteiger partial charge in [0.05, 0.1) is 13.7 Å². The number of ether oxygens (including phenoxy) is 3. The number of benzene rings is 1. The van der Waals surface area contributed by atoms with Crippen LogP contribution in [0.2, 0.25) is 0 Å². The number of rotatable bonds is 5. The van der Waals surface area contributed by atoms with Crippen LogP contribution >= 0.6 is 0 Å². The monoisotopic (exact) mass is 305 g/mol. The van der Waals surface area contributed by atoms with Gasteiger partial charge in [-0.25, -0.2) is 0 Å². The molecule has 122 valence electrons. The van der Waals surface area contributed by atoms with Crippen molar-refractivity contribution in [2.24, 2.45) is 5.92 Å². The van der Waals surface area contributed by atoms with Crippen LogP contribution in [-0.4, -0.2) is 40.0 Å². The molecule has 2 aliphatic rings. The van der Waals surface area contributed by atoms with Gasteiger partial charge in [0.1, 0.15) is 11.5 Å². The lowest BCUT2D eigenvalue weighted by Gasteiger charge is -2.25. The van der Waals surface area contributed by atoms with E-state index in [9.17, 15) is 0 Å². The minimum absolute atomic E-state index is 0.613. The smallest absolute Gasteiger partial charge is 0.123 e. The molecule has 0 amide bonds. The van der Waals surface area contributed by atoms with Gasteiger partial charge in [0.2, 0.25) is 0 Å². The van der Waals surface area contributed by atoms with Crippen LogP contribution in [0.15, 0.2) is 18.2 Å². The first-order chi connectivity index (χ1) is 10.8. The molecule has 4 heteroatoms. The maximum absolute atomic E-state index is 6.07. The molecule has 3 rings (SSSR count). The van der Waals surface area contributed by atoms with Gasteiger partial charge < -0.3 is 19.5 Å². The Hall–Kier alpha value is -1.26. The standard InChI is InChI=1S/C18H27NO3/c1-20-17-10-16(15-2-6-19-7-3-15)11-18(12-17)22-13-14-4-8-21-9-5-14/h10-12,14-15,19H,2-9,13H2,1H3. The largest absolute Gasteiger partial charge is 0.497 e. The molecule has 1 aromatic rings. The van der Waals surface area contributed by atoms with Crippen molar-refractivity contribution in [3.8, 4) is 11.5 Å². The fourth-order valence-corrected chi connectivity index (χ4v) is 3.31. The van der Waals surface area contributed by atoms with Crippen LogP contribution in [0.5, 0.6) is 11.5 Å². The quantitative estimate of drug-likeness (QED) is 0.908. The normalized spacial score (nSPS) is 20.8. The number of piperidine rings is 1. The van der Waals surface area contributed by atoms with Crippen molar-refractivity contribution in [1.82, 2.24) is 5.32 Å². The molecule has 0 atom stereocenters. The Kier molecular flexibility index (Phi) is 5.57. The Morgan fingerprint density at radius 1 is 1.05 bits per heavy atom. The van der Waals surface area contributed by atoms with E-state index in [1.54, 1.807) is 7.11 Å². The van der Waals surface area contributed by atoms with E-state index in [0.717, 1.165) is 57.3 Å². The second-order valence-corrected chi connectivity index (χ2v) is 6.33. The molecule has 0 radical (unpaired) electrons. The van der Waals surface area contributed by atoms with Gasteiger partial charge in [-0.05, 0) is 68.3 Å². The summed E-state index contributed by atoms with van der Waals surface area (Å²) in [5, 5.41) is 3.42. The van der Waals surface area contributed by atoms with Crippen LogP contribution in [-0.2, 0) is 4.74 Å². The van der Waals surface area contributed by atoms with E-state index < -0.39 is 0 Å². The number of hydrogen-bond donors (Lipinski definition) is 1. The Balaban J connectivity index is 1.66. The fourth-order valence-electron chi connectivity index (χ4n) is 3.31. The van der Waals surface area contributed by atoms with Crippen LogP contribution < -0.4 is 14.8 Å². The van der Waals surface area contributed by atoms with Crippen molar-refractivity contribution in [1.29, 1.82) is 0 Å². The van der Waals surface area contributed by atoms with Crippen LogP contribution in [0.3, 0.4) is 0 Å². The third-order valence-electron chi connectivity index (χ3n) is 4.78. The molecular weight excluding hydrogens is 278 g/mol. The lowest BCUT2D eigenvalue weighted by molar-refractivity contribution is 0.0497. The molecule has 0 aliphatic carbocycles. The predicted octanol–water partition coefficient (Wildman–Crippen LogP) is 2.97. The minimum Gasteiger partial charge on any atom is -0.497 e. The second-order valence-electron chi connectivity index (χ2n) is 6.33. The number of hydrogen-bond acceptors (Lipinski definition) is 4. The molecule has 2 fully saturated rings. The van der Waals surface area contributed by atoms with Crippen molar-refractivity contribution in [3.05, 3.63) is 23.8 Å². The molecule has 4 nitrogen and oxygen atoms in total. The molecule has 0 spiro atoms. The first kappa shape index (κ1) is 15.6. The molecule has 2 aliphatic heterocycles. The Morgan fingerprint density at radius 2 is 1.77 bits per heavy atom. The van der Waals surface area contributed by atoms with Crippen LogP contribution in [0.25, 0.3) is 0 Å². The highest BCUT2D eigenvalue weighted by atomic mass is 16.5. The maximum atomic E-state index is 6.07. The molecule has 2 heterocycles. The molecule has 22 heavy (non-hydrogen) atoms. The molecule has 0 saturated carbocycles. The lowest BCUT2D eigenvalue weighted by atomic mass is 9.90. The lowest BCUT2D eigenvalue weighted by Crippen LogP contribution is -2.26. The van der Waals surface area contributed by atoms with E-state index in [1.165, 1.54) is 18.4 Å². The average molecular weight is 305 g/mol. The van der Waals surface area contributed by atoms with Gasteiger partial charge in [0, 0.05) is 19.3 Å². The predicted molar refractivity (Wildman–Crippen MR) is 86.9 cm³/mol. The SMILES string of the molecule is COc1cc(OCC2CCOCC2)cc(C2CCNCC2)c1. The van der Waals surface area contributed by atoms with Crippen LogP contribution in [0, 0.1) is 5.92 Å². The summed E-state index contributed by atoms with van der Waals surface area (Å²) in [6, 6.07) is 6.37. The van der Waals surface area contributed by atoms with E-state index in [2.05, 4.69) is 17.4 Å². The molecular formula is C18H27NO3. The molecule has 0 unspecified atom stereocenters. The summed E-state index contributed by atoms with van der Waals surface area (Å²) >= 11 is 0. The maximum Gasteiger partial charge on any atom is 0.123 e. The zero-order chi connectivity index (χ0) is 15.2. The van der Waals surface area contributed by atoms with Gasteiger partial charge >= 0.3 is 0 Å². The van der Waals surface area contributed by atoms with Crippen molar-refractivity contribution in [2.75, 3.05) is 40.0 Å². The summed E-state index contributed by atoms with van der Waals surface area (Å²) in [6.07, 6.45) is 4.58. The van der Waals surface area contributed by atoms with E-state index in [0.29, 0.717) is 11.8 Å². The average Bonchev–Trinajstić information content (AvgIpc) is 2.61. The molecule has 2 saturated heterocycles. The Bertz CT molecular complexity index is 465. The summed E-state index contributed by atoms with van der Waals surface area (Å²) in [5.41, 5.74) is 1.35. The van der Waals surface area contributed by atoms with Crippen molar-refractivity contribution in [3.63, 3.8) is 0 Å². The van der Waals surface area contributed by atoms with E-state index >= 15 is 0 Å². The topological polar surface area (TPSA) is 39.7 Å². The van der Waals surface area contributed by atoms with E-state index in [4.69, 9.17) is 14.2 Å². The van der Waals surface area contributed by atoms with Crippen molar-refractivity contribution in [2.45, 2.75) is 31.6 Å². The highest BCUT2D eigenvalue weighted by Gasteiger charge is 2.18. The highest BCUT2D eigenvalue weighted by molar-refractivity contribution is 5.40. The van der Waals surface area contributed by atoms with E-state index in [-0.39, 0.29) is 0 Å². The fraction of sp³-hybridized carbons (Fsp3) is 0.667. The van der Waals surface area contributed by atoms with Gasteiger partial charge in [-0.1, -0.05) is 0 Å². The molecule has 0 bridgehead atoms. The van der Waals surface area contributed by atoms with Gasteiger partial charge in [0.15, 0.2) is 0 Å². The Morgan fingerprint density at radius 3 is 2.50 bits per heavy atom. The zero-order valence-electron chi connectivity index (χ0n) is 13.5. The van der Waals surface area contributed by atoms with Gasteiger partial charge in [0.25, 0.3) is 0 Å². The number of nitrogens with one attached hydrogen (secondary N) is 1. The van der Waals surface area contributed by atoms with Gasteiger partial charge in [-0.2, -0.15) is 0 Å². The van der Waals surface area contributed by atoms with E-state index in [1.807, 2.05) is 6.07 Å². The third kappa shape index (κ3) is 4.14. The van der Waals surface area contributed by atoms with Crippen molar-refractivity contribution < 1.29 is 14.2 Å². The Labute approximate surface area is 133 Å². The molecule has 1 aromatic carbocycles. The highest BCUT2D eigenvalue weighted by Crippen LogP contribution is 2.32.